The second kappa shape index (κ2) is 3.49. The third-order valence-corrected chi connectivity index (χ3v) is 4.58. The molecule has 2 heterocycles. The monoisotopic (exact) mass is 243 g/mol. The second-order valence-electron chi connectivity index (χ2n) is 5.27. The zero-order chi connectivity index (χ0) is 13.0. The van der Waals surface area contributed by atoms with Crippen molar-refractivity contribution in [3.8, 4) is 11.8 Å². The number of nitriles is 1. The van der Waals surface area contributed by atoms with Gasteiger partial charge in [0.1, 0.15) is 23.1 Å². The maximum absolute atomic E-state index is 8.97. The van der Waals surface area contributed by atoms with Gasteiger partial charge in [0.05, 0.1) is 11.6 Å². The van der Waals surface area contributed by atoms with Gasteiger partial charge in [-0.25, -0.2) is 0 Å². The van der Waals surface area contributed by atoms with E-state index in [9.17, 15) is 0 Å². The fourth-order valence-corrected chi connectivity index (χ4v) is 3.24. The van der Waals surface area contributed by atoms with Gasteiger partial charge in [0.2, 0.25) is 0 Å². The van der Waals surface area contributed by atoms with Gasteiger partial charge in [-0.3, -0.25) is 0 Å². The first-order chi connectivity index (χ1) is 8.60. The van der Waals surface area contributed by atoms with Crippen molar-refractivity contribution >= 4 is 0 Å². The SMILES string of the molecule is CCC1(CC)Oc2ccc(C#N)cc2C2OC21C. The van der Waals surface area contributed by atoms with Crippen molar-refractivity contribution in [3.63, 3.8) is 0 Å². The Balaban J connectivity index is 2.11. The molecule has 18 heavy (non-hydrogen) atoms. The van der Waals surface area contributed by atoms with E-state index in [0.29, 0.717) is 5.56 Å². The number of benzene rings is 1. The molecule has 3 rings (SSSR count). The van der Waals surface area contributed by atoms with Crippen LogP contribution in [0.5, 0.6) is 5.75 Å². The molecule has 0 radical (unpaired) electrons. The fraction of sp³-hybridized carbons (Fsp3) is 0.533. The highest BCUT2D eigenvalue weighted by Crippen LogP contribution is 2.63. The summed E-state index contributed by atoms with van der Waals surface area (Å²) in [6.07, 6.45) is 1.93. The van der Waals surface area contributed by atoms with Crippen LogP contribution in [0.3, 0.4) is 0 Å². The van der Waals surface area contributed by atoms with Crippen LogP contribution in [0, 0.1) is 11.3 Å². The number of epoxide rings is 1. The maximum atomic E-state index is 8.97. The molecular weight excluding hydrogens is 226 g/mol. The number of hydrogen-bond acceptors (Lipinski definition) is 3. The Hall–Kier alpha value is -1.53. The van der Waals surface area contributed by atoms with Gasteiger partial charge in [0.25, 0.3) is 0 Å². The van der Waals surface area contributed by atoms with Crippen LogP contribution < -0.4 is 4.74 Å². The first-order valence-electron chi connectivity index (χ1n) is 6.51. The zero-order valence-electron chi connectivity index (χ0n) is 11.0. The van der Waals surface area contributed by atoms with E-state index >= 15 is 0 Å². The molecule has 94 valence electrons. The van der Waals surface area contributed by atoms with Crippen molar-refractivity contribution in [2.24, 2.45) is 0 Å². The standard InChI is InChI=1S/C15H17NO2/c1-4-15(5-2)14(3)13(18-14)11-8-10(9-16)6-7-12(11)17-15/h6-8,13H,4-5H2,1-3H3. The smallest absolute Gasteiger partial charge is 0.140 e. The molecule has 1 aromatic rings. The van der Waals surface area contributed by atoms with Gasteiger partial charge in [0, 0.05) is 5.56 Å². The number of nitrogens with zero attached hydrogens (tertiary/aromatic N) is 1. The molecule has 0 bridgehead atoms. The van der Waals surface area contributed by atoms with Crippen molar-refractivity contribution in [3.05, 3.63) is 29.3 Å². The Labute approximate surface area is 107 Å². The Morgan fingerprint density at radius 2 is 2.06 bits per heavy atom. The largest absolute Gasteiger partial charge is 0.484 e. The van der Waals surface area contributed by atoms with Crippen molar-refractivity contribution < 1.29 is 9.47 Å². The van der Waals surface area contributed by atoms with Crippen LogP contribution in [0.2, 0.25) is 0 Å². The molecular formula is C15H17NO2. The van der Waals surface area contributed by atoms with Crippen LogP contribution in [-0.4, -0.2) is 11.2 Å². The van der Waals surface area contributed by atoms with Crippen LogP contribution in [0.4, 0.5) is 0 Å². The lowest BCUT2D eigenvalue weighted by Crippen LogP contribution is -2.50. The van der Waals surface area contributed by atoms with Gasteiger partial charge in [-0.15, -0.1) is 0 Å². The Bertz CT molecular complexity index is 542. The lowest BCUT2D eigenvalue weighted by molar-refractivity contribution is -0.0161. The highest BCUT2D eigenvalue weighted by molar-refractivity contribution is 5.49. The molecule has 1 aromatic carbocycles. The van der Waals surface area contributed by atoms with Gasteiger partial charge in [-0.2, -0.15) is 5.26 Å². The predicted octanol–water partition coefficient (Wildman–Crippen LogP) is 3.34. The molecule has 3 heteroatoms. The Morgan fingerprint density at radius 3 is 2.67 bits per heavy atom. The third kappa shape index (κ3) is 1.22. The predicted molar refractivity (Wildman–Crippen MR) is 67.3 cm³/mol. The Morgan fingerprint density at radius 1 is 1.33 bits per heavy atom. The van der Waals surface area contributed by atoms with Crippen LogP contribution in [0.25, 0.3) is 0 Å². The van der Waals surface area contributed by atoms with Crippen LogP contribution in [-0.2, 0) is 4.74 Å². The quantitative estimate of drug-likeness (QED) is 0.748. The highest BCUT2D eigenvalue weighted by Gasteiger charge is 2.69. The van der Waals surface area contributed by atoms with E-state index in [4.69, 9.17) is 14.7 Å². The van der Waals surface area contributed by atoms with E-state index in [1.54, 1.807) is 6.07 Å². The normalized spacial score (nSPS) is 30.7. The van der Waals surface area contributed by atoms with Gasteiger partial charge in [0.15, 0.2) is 0 Å². The first-order valence-corrected chi connectivity index (χ1v) is 6.51. The molecule has 0 spiro atoms. The average molecular weight is 243 g/mol. The number of ether oxygens (including phenoxy) is 2. The molecule has 1 fully saturated rings. The first kappa shape index (κ1) is 11.6. The second-order valence-corrected chi connectivity index (χ2v) is 5.27. The molecule has 2 aliphatic heterocycles. The third-order valence-electron chi connectivity index (χ3n) is 4.58. The summed E-state index contributed by atoms with van der Waals surface area (Å²) in [5, 5.41) is 8.97. The van der Waals surface area contributed by atoms with Crippen LogP contribution >= 0.6 is 0 Å². The minimum Gasteiger partial charge on any atom is -0.484 e. The molecule has 0 amide bonds. The maximum Gasteiger partial charge on any atom is 0.140 e. The molecule has 0 saturated carbocycles. The molecule has 1 saturated heterocycles. The van der Waals surface area contributed by atoms with E-state index in [0.717, 1.165) is 24.2 Å². The molecule has 0 N–H and O–H groups in total. The van der Waals surface area contributed by atoms with Crippen molar-refractivity contribution in [2.75, 3.05) is 0 Å². The van der Waals surface area contributed by atoms with E-state index in [1.165, 1.54) is 0 Å². The van der Waals surface area contributed by atoms with Gasteiger partial charge >= 0.3 is 0 Å². The summed E-state index contributed by atoms with van der Waals surface area (Å²) < 4.78 is 12.2. The van der Waals surface area contributed by atoms with Crippen molar-refractivity contribution in [2.45, 2.75) is 50.9 Å². The summed E-state index contributed by atoms with van der Waals surface area (Å²) in [7, 11) is 0. The minimum atomic E-state index is -0.239. The number of hydrogen-bond donors (Lipinski definition) is 0. The fourth-order valence-electron chi connectivity index (χ4n) is 3.24. The number of fused-ring (bicyclic) bond motifs is 3. The van der Waals surface area contributed by atoms with Crippen molar-refractivity contribution in [1.82, 2.24) is 0 Å². The lowest BCUT2D eigenvalue weighted by atomic mass is 9.77. The van der Waals surface area contributed by atoms with E-state index in [1.807, 2.05) is 12.1 Å². The summed E-state index contributed by atoms with van der Waals surface area (Å²) in [5.74, 6) is 0.873. The average Bonchev–Trinajstić information content (AvgIpc) is 3.11. The highest BCUT2D eigenvalue weighted by atomic mass is 16.7. The van der Waals surface area contributed by atoms with Gasteiger partial charge in [-0.1, -0.05) is 13.8 Å². The van der Waals surface area contributed by atoms with Gasteiger partial charge < -0.3 is 9.47 Å². The molecule has 2 unspecified atom stereocenters. The summed E-state index contributed by atoms with van der Waals surface area (Å²) in [5.41, 5.74) is 1.21. The molecule has 0 aliphatic carbocycles. The molecule has 3 nitrogen and oxygen atoms in total. The summed E-state index contributed by atoms with van der Waals surface area (Å²) in [6, 6.07) is 7.76. The van der Waals surface area contributed by atoms with Gasteiger partial charge in [-0.05, 0) is 38.0 Å². The van der Waals surface area contributed by atoms with Crippen LogP contribution in [0.1, 0.15) is 50.8 Å². The summed E-state index contributed by atoms with van der Waals surface area (Å²) in [4.78, 5) is 0. The Kier molecular flexibility index (Phi) is 2.24. The minimum absolute atomic E-state index is 0.0782. The molecule has 0 aromatic heterocycles. The van der Waals surface area contributed by atoms with E-state index in [2.05, 4.69) is 26.8 Å². The molecule has 2 atom stereocenters. The topological polar surface area (TPSA) is 45.5 Å². The lowest BCUT2D eigenvalue weighted by Gasteiger charge is -2.40. The summed E-state index contributed by atoms with van der Waals surface area (Å²) >= 11 is 0. The van der Waals surface area contributed by atoms with E-state index in [-0.39, 0.29) is 17.3 Å². The summed E-state index contributed by atoms with van der Waals surface area (Å²) in [6.45, 7) is 6.40. The van der Waals surface area contributed by atoms with Crippen LogP contribution in [0.15, 0.2) is 18.2 Å². The van der Waals surface area contributed by atoms with E-state index < -0.39 is 0 Å². The molecule has 2 aliphatic rings. The number of rotatable bonds is 2. The van der Waals surface area contributed by atoms with Crippen molar-refractivity contribution in [1.29, 1.82) is 5.26 Å². The zero-order valence-corrected chi connectivity index (χ0v) is 11.0.